The SMILES string of the molecule is CCc1cc(NC(=O)[C@]2(CN(CCF)CC3CC3)CN(c3c(C)cccc3C)C(=O)[C@H]2C)cc(C(F)(F)F)c1. The van der Waals surface area contributed by atoms with Crippen molar-refractivity contribution in [3.63, 3.8) is 0 Å². The van der Waals surface area contributed by atoms with Gasteiger partial charge in [-0.25, -0.2) is 4.39 Å². The van der Waals surface area contributed by atoms with Crippen molar-refractivity contribution in [3.05, 3.63) is 58.7 Å². The summed E-state index contributed by atoms with van der Waals surface area (Å²) in [7, 11) is 0. The second-order valence-electron chi connectivity index (χ2n) is 11.1. The van der Waals surface area contributed by atoms with E-state index >= 15 is 0 Å². The lowest BCUT2D eigenvalue weighted by Gasteiger charge is -2.36. The van der Waals surface area contributed by atoms with Gasteiger partial charge in [0.25, 0.3) is 0 Å². The number of benzene rings is 2. The van der Waals surface area contributed by atoms with Crippen LogP contribution in [0.3, 0.4) is 0 Å². The van der Waals surface area contributed by atoms with E-state index in [0.29, 0.717) is 24.4 Å². The Kier molecular flexibility index (Phi) is 8.40. The molecule has 1 saturated carbocycles. The van der Waals surface area contributed by atoms with Crippen molar-refractivity contribution >= 4 is 23.2 Å². The summed E-state index contributed by atoms with van der Waals surface area (Å²) in [6, 6.07) is 9.24. The number of aryl methyl sites for hydroxylation is 3. The van der Waals surface area contributed by atoms with E-state index in [0.717, 1.165) is 41.8 Å². The van der Waals surface area contributed by atoms with Crippen LogP contribution in [0, 0.1) is 31.1 Å². The summed E-state index contributed by atoms with van der Waals surface area (Å²) in [5, 5.41) is 2.74. The number of carbonyl (C=O) groups excluding carboxylic acids is 2. The van der Waals surface area contributed by atoms with Crippen LogP contribution in [0.1, 0.15) is 48.9 Å². The molecule has 0 radical (unpaired) electrons. The molecule has 9 heteroatoms. The average Bonchev–Trinajstić information content (AvgIpc) is 3.65. The first-order chi connectivity index (χ1) is 18.4. The molecule has 2 aromatic rings. The van der Waals surface area contributed by atoms with E-state index in [9.17, 15) is 27.2 Å². The molecule has 1 aliphatic heterocycles. The lowest BCUT2D eigenvalue weighted by molar-refractivity contribution is -0.137. The molecule has 0 aromatic heterocycles. The summed E-state index contributed by atoms with van der Waals surface area (Å²) in [5.41, 5.74) is 0.843. The van der Waals surface area contributed by atoms with Crippen LogP contribution in [-0.4, -0.2) is 49.6 Å². The molecule has 4 rings (SSSR count). The highest BCUT2D eigenvalue weighted by atomic mass is 19.4. The van der Waals surface area contributed by atoms with Gasteiger partial charge in [-0.05, 0) is 73.9 Å². The number of rotatable bonds is 10. The second kappa shape index (κ2) is 11.3. The predicted molar refractivity (Wildman–Crippen MR) is 144 cm³/mol. The second-order valence-corrected chi connectivity index (χ2v) is 11.1. The third kappa shape index (κ3) is 6.13. The number of nitrogens with zero attached hydrogens (tertiary/aromatic N) is 2. The zero-order valence-electron chi connectivity index (χ0n) is 23.0. The highest BCUT2D eigenvalue weighted by molar-refractivity contribution is 6.08. The van der Waals surface area contributed by atoms with E-state index in [4.69, 9.17) is 0 Å². The Hall–Kier alpha value is -2.94. The molecule has 1 heterocycles. The number of amides is 2. The van der Waals surface area contributed by atoms with Crippen molar-refractivity contribution in [3.8, 4) is 0 Å². The Labute approximate surface area is 227 Å². The van der Waals surface area contributed by atoms with Crippen LogP contribution in [0.4, 0.5) is 28.9 Å². The minimum atomic E-state index is -4.57. The molecule has 5 nitrogen and oxygen atoms in total. The maximum absolute atomic E-state index is 14.1. The van der Waals surface area contributed by atoms with E-state index in [2.05, 4.69) is 5.32 Å². The van der Waals surface area contributed by atoms with Crippen molar-refractivity contribution in [2.75, 3.05) is 43.1 Å². The van der Waals surface area contributed by atoms with Crippen LogP contribution in [0.2, 0.25) is 0 Å². The Morgan fingerprint density at radius 1 is 1.15 bits per heavy atom. The fourth-order valence-electron chi connectivity index (χ4n) is 5.72. The molecule has 1 saturated heterocycles. The van der Waals surface area contributed by atoms with Crippen LogP contribution < -0.4 is 10.2 Å². The van der Waals surface area contributed by atoms with Crippen molar-refractivity contribution in [1.29, 1.82) is 0 Å². The Balaban J connectivity index is 1.75. The van der Waals surface area contributed by atoms with Crippen LogP contribution in [0.25, 0.3) is 0 Å². The Morgan fingerprint density at radius 2 is 1.82 bits per heavy atom. The lowest BCUT2D eigenvalue weighted by atomic mass is 9.77. The number of halogens is 4. The van der Waals surface area contributed by atoms with Crippen molar-refractivity contribution < 1.29 is 27.2 Å². The molecule has 39 heavy (non-hydrogen) atoms. The summed E-state index contributed by atoms with van der Waals surface area (Å²) < 4.78 is 54.4. The molecule has 2 aliphatic rings. The quantitative estimate of drug-likeness (QED) is 0.362. The monoisotopic (exact) mass is 547 g/mol. The fourth-order valence-corrected chi connectivity index (χ4v) is 5.72. The molecule has 212 valence electrons. The zero-order chi connectivity index (χ0) is 28.5. The summed E-state index contributed by atoms with van der Waals surface area (Å²) in [5.74, 6) is -1.10. The maximum atomic E-state index is 14.1. The number of carbonyl (C=O) groups is 2. The van der Waals surface area contributed by atoms with Crippen molar-refractivity contribution in [1.82, 2.24) is 4.90 Å². The minimum Gasteiger partial charge on any atom is -0.325 e. The minimum absolute atomic E-state index is 0.0375. The number of hydrogen-bond acceptors (Lipinski definition) is 3. The average molecular weight is 548 g/mol. The van der Waals surface area contributed by atoms with Crippen LogP contribution in [0.15, 0.2) is 36.4 Å². The summed E-state index contributed by atoms with van der Waals surface area (Å²) in [6.07, 6.45) is -2.14. The van der Waals surface area contributed by atoms with Gasteiger partial charge in [-0.15, -0.1) is 0 Å². The molecule has 2 amide bonds. The van der Waals surface area contributed by atoms with E-state index in [1.54, 1.807) is 18.7 Å². The first-order valence-electron chi connectivity index (χ1n) is 13.6. The van der Waals surface area contributed by atoms with E-state index in [1.165, 1.54) is 6.07 Å². The van der Waals surface area contributed by atoms with E-state index in [1.807, 2.05) is 36.9 Å². The van der Waals surface area contributed by atoms with Gasteiger partial charge in [0.2, 0.25) is 11.8 Å². The van der Waals surface area contributed by atoms with Gasteiger partial charge < -0.3 is 10.2 Å². The van der Waals surface area contributed by atoms with Crippen molar-refractivity contribution in [2.24, 2.45) is 17.3 Å². The number of hydrogen-bond donors (Lipinski definition) is 1. The topological polar surface area (TPSA) is 52.7 Å². The summed E-state index contributed by atoms with van der Waals surface area (Å²) in [6.45, 7) is 7.58. The number of anilines is 2. The first kappa shape index (κ1) is 29.1. The van der Waals surface area contributed by atoms with Gasteiger partial charge in [0.15, 0.2) is 0 Å². The lowest BCUT2D eigenvalue weighted by Crippen LogP contribution is -2.51. The third-order valence-electron chi connectivity index (χ3n) is 8.17. The smallest absolute Gasteiger partial charge is 0.325 e. The van der Waals surface area contributed by atoms with Gasteiger partial charge in [-0.2, -0.15) is 13.2 Å². The predicted octanol–water partition coefficient (Wildman–Crippen LogP) is 6.17. The van der Waals surface area contributed by atoms with Crippen LogP contribution in [-0.2, 0) is 22.2 Å². The van der Waals surface area contributed by atoms with Gasteiger partial charge >= 0.3 is 6.18 Å². The Morgan fingerprint density at radius 3 is 2.38 bits per heavy atom. The molecule has 2 fully saturated rings. The van der Waals surface area contributed by atoms with Crippen LogP contribution >= 0.6 is 0 Å². The molecule has 1 N–H and O–H groups in total. The van der Waals surface area contributed by atoms with Gasteiger partial charge in [0, 0.05) is 37.6 Å². The van der Waals surface area contributed by atoms with E-state index in [-0.39, 0.29) is 31.2 Å². The van der Waals surface area contributed by atoms with E-state index < -0.39 is 35.7 Å². The maximum Gasteiger partial charge on any atom is 0.416 e. The highest BCUT2D eigenvalue weighted by Gasteiger charge is 2.56. The van der Waals surface area contributed by atoms with Gasteiger partial charge in [-0.1, -0.05) is 32.0 Å². The standard InChI is InChI=1S/C30H37F4N3O2/c1-5-22-13-24(30(32,33)34)15-25(14-22)35-28(39)29(17-36(12-11-31)16-23-9-10-23)18-37(27(38)21(29)4)26-19(2)7-6-8-20(26)3/h6-8,13-15,21,23H,5,9-12,16-18H2,1-4H3,(H,35,39)/t21-,29-/m1/s1. The molecule has 0 spiro atoms. The molecule has 2 atom stereocenters. The molecule has 0 unspecified atom stereocenters. The summed E-state index contributed by atoms with van der Waals surface area (Å²) >= 11 is 0. The number of alkyl halides is 4. The first-order valence-corrected chi connectivity index (χ1v) is 13.6. The fraction of sp³-hybridized carbons (Fsp3) is 0.533. The normalized spacial score (nSPS) is 21.6. The molecular weight excluding hydrogens is 510 g/mol. The van der Waals surface area contributed by atoms with Crippen LogP contribution in [0.5, 0.6) is 0 Å². The van der Waals surface area contributed by atoms with Gasteiger partial charge in [0.1, 0.15) is 6.67 Å². The largest absolute Gasteiger partial charge is 0.416 e. The highest BCUT2D eigenvalue weighted by Crippen LogP contribution is 2.44. The molecule has 2 aromatic carbocycles. The van der Waals surface area contributed by atoms with Gasteiger partial charge in [-0.3, -0.25) is 14.5 Å². The summed E-state index contributed by atoms with van der Waals surface area (Å²) in [4.78, 5) is 31.4. The Bertz CT molecular complexity index is 1210. The molecular formula is C30H37F4N3O2. The molecule has 0 bridgehead atoms. The zero-order valence-corrected chi connectivity index (χ0v) is 23.0. The number of nitrogens with one attached hydrogen (secondary N) is 1. The molecule has 1 aliphatic carbocycles. The van der Waals surface area contributed by atoms with Crippen molar-refractivity contribution in [2.45, 2.75) is 53.1 Å². The van der Waals surface area contributed by atoms with Gasteiger partial charge in [0.05, 0.1) is 16.9 Å². The number of para-hydroxylation sites is 1. The third-order valence-corrected chi connectivity index (χ3v) is 8.17.